The Kier molecular flexibility index (Phi) is 5.70. The topological polar surface area (TPSA) is 58.6 Å². The zero-order valence-electron chi connectivity index (χ0n) is 14.2. The third-order valence-corrected chi connectivity index (χ3v) is 4.86. The first kappa shape index (κ1) is 20.0. The van der Waals surface area contributed by atoms with Crippen LogP contribution in [0.15, 0.2) is 0 Å². The Hall–Kier alpha value is -1.33. The van der Waals surface area contributed by atoms with E-state index in [0.29, 0.717) is 31.7 Å². The summed E-state index contributed by atoms with van der Waals surface area (Å²) in [5.74, 6) is -0.576. The molecule has 1 fully saturated rings. The van der Waals surface area contributed by atoms with E-state index < -0.39 is 34.3 Å². The van der Waals surface area contributed by atoms with Gasteiger partial charge in [0, 0.05) is 32.7 Å². The summed E-state index contributed by atoms with van der Waals surface area (Å²) in [7, 11) is -5.43. The summed E-state index contributed by atoms with van der Waals surface area (Å²) < 4.78 is 79.7. The van der Waals surface area contributed by atoms with E-state index in [-0.39, 0.29) is 17.7 Å². The molecular formula is C14H20BF4N2O3S-. The smallest absolute Gasteiger partial charge is 0.445 e. The lowest BCUT2D eigenvalue weighted by atomic mass is 9.71. The Morgan fingerprint density at radius 3 is 2.12 bits per heavy atom. The number of benzene rings is 1. The van der Waals surface area contributed by atoms with Crippen LogP contribution in [0.2, 0.25) is 0 Å². The number of hydrogen-bond acceptors (Lipinski definition) is 5. The molecule has 25 heavy (non-hydrogen) atoms. The van der Waals surface area contributed by atoms with Crippen molar-refractivity contribution >= 4 is 22.9 Å². The quantitative estimate of drug-likeness (QED) is 0.476. The highest BCUT2D eigenvalue weighted by atomic mass is 32.3. The molecule has 1 N–H and O–H groups in total. The van der Waals surface area contributed by atoms with Crippen LogP contribution >= 0.6 is 0 Å². The minimum Gasteiger partial charge on any atom is -0.445 e. The molecule has 1 saturated heterocycles. The van der Waals surface area contributed by atoms with Gasteiger partial charge in [0.05, 0.1) is 0 Å². The van der Waals surface area contributed by atoms with Crippen LogP contribution in [0.5, 0.6) is 5.75 Å². The largest absolute Gasteiger partial charge is 0.510 e. The molecular weight excluding hydrogens is 363 g/mol. The van der Waals surface area contributed by atoms with E-state index in [2.05, 4.69) is 9.50 Å². The van der Waals surface area contributed by atoms with Gasteiger partial charge in [0.25, 0.3) is 0 Å². The first-order valence-electron chi connectivity index (χ1n) is 7.81. The second-order valence-electron chi connectivity index (χ2n) is 6.17. The molecule has 1 aliphatic rings. The lowest BCUT2D eigenvalue weighted by molar-refractivity contribution is 0.232. The number of halogens is 4. The number of nitrogens with one attached hydrogen (secondary N) is 1. The van der Waals surface area contributed by atoms with Crippen LogP contribution in [0.3, 0.4) is 0 Å². The van der Waals surface area contributed by atoms with E-state index in [1.807, 2.05) is 4.90 Å². The molecule has 0 saturated carbocycles. The molecule has 1 aromatic rings. The zero-order valence-corrected chi connectivity index (χ0v) is 15.0. The molecule has 0 atom stereocenters. The van der Waals surface area contributed by atoms with Crippen molar-refractivity contribution in [2.24, 2.45) is 0 Å². The Balaban J connectivity index is 2.62. The highest BCUT2D eigenvalue weighted by molar-refractivity contribution is 7.81. The maximum Gasteiger partial charge on any atom is 0.510 e. The Morgan fingerprint density at radius 2 is 1.64 bits per heavy atom. The SMILES string of the molecule is Cc1c(CN2CCNCC2)c(C)c([B-](F)(F)F)c(C)c1OS(=O)(=O)F. The number of rotatable bonds is 5. The van der Waals surface area contributed by atoms with Gasteiger partial charge < -0.3 is 22.4 Å². The molecule has 11 heteroatoms. The highest BCUT2D eigenvalue weighted by Crippen LogP contribution is 2.32. The summed E-state index contributed by atoms with van der Waals surface area (Å²) in [6, 6.07) is 0. The monoisotopic (exact) mass is 383 g/mol. The van der Waals surface area contributed by atoms with E-state index >= 15 is 0 Å². The van der Waals surface area contributed by atoms with Crippen LogP contribution in [-0.2, 0) is 17.0 Å². The van der Waals surface area contributed by atoms with Gasteiger partial charge in [0.15, 0.2) is 0 Å². The second kappa shape index (κ2) is 7.12. The number of hydrogen-bond donors (Lipinski definition) is 1. The Labute approximate surface area is 144 Å². The first-order chi connectivity index (χ1) is 11.4. The fourth-order valence-electron chi connectivity index (χ4n) is 3.31. The van der Waals surface area contributed by atoms with E-state index in [1.54, 1.807) is 0 Å². The summed E-state index contributed by atoms with van der Waals surface area (Å²) in [6.07, 6.45) is 0. The van der Waals surface area contributed by atoms with Gasteiger partial charge in [-0.1, -0.05) is 14.9 Å². The fraction of sp³-hybridized carbons (Fsp3) is 0.571. The summed E-state index contributed by atoms with van der Waals surface area (Å²) in [5.41, 5.74) is -0.772. The van der Waals surface area contributed by atoms with Crippen molar-refractivity contribution in [3.63, 3.8) is 0 Å². The fourth-order valence-corrected chi connectivity index (χ4v) is 3.76. The molecule has 1 aromatic carbocycles. The van der Waals surface area contributed by atoms with Crippen LogP contribution < -0.4 is 15.0 Å². The summed E-state index contributed by atoms with van der Waals surface area (Å²) in [6.45, 7) is 1.42. The molecule has 0 unspecified atom stereocenters. The van der Waals surface area contributed by atoms with Crippen molar-refractivity contribution in [1.82, 2.24) is 10.2 Å². The average Bonchev–Trinajstić information content (AvgIpc) is 2.47. The Morgan fingerprint density at radius 1 is 1.08 bits per heavy atom. The lowest BCUT2D eigenvalue weighted by Gasteiger charge is -2.31. The predicted molar refractivity (Wildman–Crippen MR) is 88.2 cm³/mol. The maximum atomic E-state index is 13.6. The van der Waals surface area contributed by atoms with Gasteiger partial charge in [-0.25, -0.2) is 0 Å². The zero-order chi connectivity index (χ0) is 19.0. The molecule has 0 bridgehead atoms. The van der Waals surface area contributed by atoms with Crippen molar-refractivity contribution < 1.29 is 29.4 Å². The molecule has 142 valence electrons. The van der Waals surface area contributed by atoms with Crippen molar-refractivity contribution in [1.29, 1.82) is 0 Å². The number of nitrogens with zero attached hydrogens (tertiary/aromatic N) is 1. The molecule has 0 aliphatic carbocycles. The molecule has 1 aliphatic heterocycles. The molecule has 0 radical (unpaired) electrons. The second-order valence-corrected chi connectivity index (χ2v) is 7.13. The summed E-state index contributed by atoms with van der Waals surface area (Å²) in [4.78, 5) is 1.96. The minimum absolute atomic E-state index is 0.0321. The van der Waals surface area contributed by atoms with Crippen LogP contribution in [-0.4, -0.2) is 46.5 Å². The lowest BCUT2D eigenvalue weighted by Crippen LogP contribution is -2.44. The average molecular weight is 383 g/mol. The standard InChI is InChI=1S/C14H20BF4N2O3S/c1-9-12(8-21-6-4-20-5-7-21)10(2)14(24-25(19,22)23)11(3)13(9)15(16,17)18/h20H,4-8H2,1-3H3/q-1. The van der Waals surface area contributed by atoms with Crippen LogP contribution in [0.1, 0.15) is 22.3 Å². The van der Waals surface area contributed by atoms with E-state index in [4.69, 9.17) is 0 Å². The van der Waals surface area contributed by atoms with Gasteiger partial charge in [-0.2, -0.15) is 8.42 Å². The van der Waals surface area contributed by atoms with Gasteiger partial charge in [0.1, 0.15) is 5.75 Å². The van der Waals surface area contributed by atoms with E-state index in [1.165, 1.54) is 13.8 Å². The molecule has 1 heterocycles. The highest BCUT2D eigenvalue weighted by Gasteiger charge is 2.34. The van der Waals surface area contributed by atoms with E-state index in [9.17, 15) is 25.3 Å². The summed E-state index contributed by atoms with van der Waals surface area (Å²) >= 11 is 0. The van der Waals surface area contributed by atoms with Gasteiger partial charge in [-0.15, -0.1) is 0 Å². The minimum atomic E-state index is -5.43. The van der Waals surface area contributed by atoms with Crippen molar-refractivity contribution in [3.05, 3.63) is 22.3 Å². The molecule has 5 nitrogen and oxygen atoms in total. The normalized spacial score (nSPS) is 16.9. The van der Waals surface area contributed by atoms with Crippen LogP contribution in [0, 0.1) is 20.8 Å². The molecule has 0 amide bonds. The summed E-state index contributed by atoms with van der Waals surface area (Å²) in [5, 5.41) is 3.14. The van der Waals surface area contributed by atoms with Crippen molar-refractivity contribution in [3.8, 4) is 5.75 Å². The van der Waals surface area contributed by atoms with Gasteiger partial charge in [0.2, 0.25) is 0 Å². The molecule has 2 rings (SSSR count). The predicted octanol–water partition coefficient (Wildman–Crippen LogP) is 1.66. The van der Waals surface area contributed by atoms with Crippen molar-refractivity contribution in [2.75, 3.05) is 26.2 Å². The number of piperazine rings is 1. The molecule has 0 spiro atoms. The van der Waals surface area contributed by atoms with Gasteiger partial charge in [-0.3, -0.25) is 4.90 Å². The molecule has 0 aromatic heterocycles. The van der Waals surface area contributed by atoms with Gasteiger partial charge in [-0.05, 0) is 37.5 Å². The first-order valence-corrected chi connectivity index (χ1v) is 9.12. The maximum absolute atomic E-state index is 13.6. The Bertz CT molecular complexity index is 763. The van der Waals surface area contributed by atoms with Crippen LogP contribution in [0.4, 0.5) is 16.8 Å². The van der Waals surface area contributed by atoms with Crippen LogP contribution in [0.25, 0.3) is 0 Å². The third kappa shape index (κ3) is 4.65. The van der Waals surface area contributed by atoms with E-state index in [0.717, 1.165) is 6.92 Å². The third-order valence-electron chi connectivity index (χ3n) is 4.50. The van der Waals surface area contributed by atoms with Gasteiger partial charge >= 0.3 is 17.5 Å². The van der Waals surface area contributed by atoms with Crippen molar-refractivity contribution in [2.45, 2.75) is 27.3 Å².